The number of fused-ring (bicyclic) bond motifs is 1. The first-order chi connectivity index (χ1) is 13.8. The second-order valence-electron chi connectivity index (χ2n) is 5.80. The molecule has 4 aromatic rings. The van der Waals surface area contributed by atoms with Gasteiger partial charge in [0.05, 0.1) is 11.9 Å². The van der Waals surface area contributed by atoms with Crippen LogP contribution < -0.4 is 11.1 Å². The maximum atomic E-state index is 13.9. The highest BCUT2D eigenvalue weighted by Gasteiger charge is 2.18. The van der Waals surface area contributed by atoms with Crippen molar-refractivity contribution in [2.75, 3.05) is 0 Å². The van der Waals surface area contributed by atoms with Crippen molar-refractivity contribution in [3.05, 3.63) is 86.2 Å². The fraction of sp³-hybridized carbons (Fsp3) is 0.0588. The normalized spacial score (nSPS) is 11.3. The average Bonchev–Trinajstić information content (AvgIpc) is 3.12. The summed E-state index contributed by atoms with van der Waals surface area (Å²) in [5.74, 6) is -4.73. The van der Waals surface area contributed by atoms with Gasteiger partial charge in [0.15, 0.2) is 16.5 Å². The van der Waals surface area contributed by atoms with Crippen molar-refractivity contribution in [3.8, 4) is 5.69 Å². The molecule has 0 aliphatic carbocycles. The SMILES string of the molecule is O=c1[nH]cc(-n2c(SCc3c(F)cc(F)cc3F)nn3nccc3c2=O)cc1F. The van der Waals surface area contributed by atoms with E-state index in [1.54, 1.807) is 0 Å². The van der Waals surface area contributed by atoms with Gasteiger partial charge in [0.25, 0.3) is 11.1 Å². The highest BCUT2D eigenvalue weighted by Crippen LogP contribution is 2.26. The Hall–Kier alpha value is -3.41. The van der Waals surface area contributed by atoms with E-state index >= 15 is 0 Å². The summed E-state index contributed by atoms with van der Waals surface area (Å²) in [6.07, 6.45) is 2.42. The summed E-state index contributed by atoms with van der Waals surface area (Å²) in [4.78, 5) is 26.3. The van der Waals surface area contributed by atoms with E-state index in [2.05, 4.69) is 15.2 Å². The number of nitrogens with zero attached hydrogens (tertiary/aromatic N) is 4. The van der Waals surface area contributed by atoms with Crippen LogP contribution in [0, 0.1) is 23.3 Å². The number of rotatable bonds is 4. The lowest BCUT2D eigenvalue weighted by Gasteiger charge is -2.12. The van der Waals surface area contributed by atoms with Crippen molar-refractivity contribution >= 4 is 17.3 Å². The van der Waals surface area contributed by atoms with E-state index in [0.29, 0.717) is 12.1 Å². The zero-order valence-electron chi connectivity index (χ0n) is 14.2. The minimum Gasteiger partial charge on any atom is -0.324 e. The molecule has 0 spiro atoms. The summed E-state index contributed by atoms with van der Waals surface area (Å²) in [6.45, 7) is 0. The smallest absolute Gasteiger partial charge is 0.285 e. The molecule has 0 fully saturated rings. The van der Waals surface area contributed by atoms with Crippen molar-refractivity contribution in [1.29, 1.82) is 0 Å². The largest absolute Gasteiger partial charge is 0.324 e. The second-order valence-corrected chi connectivity index (χ2v) is 6.74. The Morgan fingerprint density at radius 2 is 1.76 bits per heavy atom. The summed E-state index contributed by atoms with van der Waals surface area (Å²) in [6, 6.07) is 3.28. The number of benzene rings is 1. The van der Waals surface area contributed by atoms with Crippen molar-refractivity contribution in [2.24, 2.45) is 0 Å². The topological polar surface area (TPSA) is 85.1 Å². The molecule has 0 saturated heterocycles. The Morgan fingerprint density at radius 1 is 1.03 bits per heavy atom. The van der Waals surface area contributed by atoms with Gasteiger partial charge in [-0.15, -0.1) is 9.73 Å². The lowest BCUT2D eigenvalue weighted by atomic mass is 10.2. The molecule has 0 aliphatic heterocycles. The first-order valence-electron chi connectivity index (χ1n) is 7.97. The van der Waals surface area contributed by atoms with Crippen LogP contribution in [0.25, 0.3) is 11.2 Å². The monoisotopic (exact) mass is 423 g/mol. The first-order valence-corrected chi connectivity index (χ1v) is 8.95. The van der Waals surface area contributed by atoms with Crippen LogP contribution in [-0.2, 0) is 5.75 Å². The molecule has 3 aromatic heterocycles. The van der Waals surface area contributed by atoms with Crippen LogP contribution >= 0.6 is 11.8 Å². The molecule has 29 heavy (non-hydrogen) atoms. The van der Waals surface area contributed by atoms with Crippen LogP contribution in [0.5, 0.6) is 0 Å². The van der Waals surface area contributed by atoms with Crippen LogP contribution in [0.15, 0.2) is 51.4 Å². The number of aromatic amines is 1. The van der Waals surface area contributed by atoms with E-state index in [1.165, 1.54) is 12.3 Å². The van der Waals surface area contributed by atoms with E-state index < -0.39 is 40.0 Å². The molecule has 0 radical (unpaired) electrons. The fourth-order valence-corrected chi connectivity index (χ4v) is 3.60. The predicted octanol–water partition coefficient (Wildman–Crippen LogP) is 2.42. The maximum Gasteiger partial charge on any atom is 0.285 e. The molecule has 12 heteroatoms. The number of nitrogens with one attached hydrogen (secondary N) is 1. The molecule has 0 bridgehead atoms. The number of hydrogen-bond donors (Lipinski definition) is 1. The van der Waals surface area contributed by atoms with Crippen LogP contribution in [-0.4, -0.2) is 24.4 Å². The first kappa shape index (κ1) is 18.9. The maximum absolute atomic E-state index is 13.9. The van der Waals surface area contributed by atoms with Crippen LogP contribution in [0.2, 0.25) is 0 Å². The summed E-state index contributed by atoms with van der Waals surface area (Å²) in [5.41, 5.74) is -2.05. The van der Waals surface area contributed by atoms with E-state index in [9.17, 15) is 27.2 Å². The summed E-state index contributed by atoms with van der Waals surface area (Å²) >= 11 is 0.746. The lowest BCUT2D eigenvalue weighted by molar-refractivity contribution is 0.531. The highest BCUT2D eigenvalue weighted by molar-refractivity contribution is 7.98. The van der Waals surface area contributed by atoms with Gasteiger partial charge in [-0.05, 0) is 6.07 Å². The van der Waals surface area contributed by atoms with E-state index in [0.717, 1.165) is 33.2 Å². The molecule has 4 rings (SSSR count). The third kappa shape index (κ3) is 3.42. The summed E-state index contributed by atoms with van der Waals surface area (Å²) in [5, 5.41) is 7.89. The number of pyridine rings is 1. The molecule has 0 unspecified atom stereocenters. The second kappa shape index (κ2) is 7.20. The van der Waals surface area contributed by atoms with Gasteiger partial charge in [0.1, 0.15) is 17.5 Å². The molecular weight excluding hydrogens is 414 g/mol. The molecular formula is C17H9F4N5O2S. The van der Waals surface area contributed by atoms with Crippen LogP contribution in [0.3, 0.4) is 0 Å². The van der Waals surface area contributed by atoms with Gasteiger partial charge in [-0.2, -0.15) is 5.10 Å². The Kier molecular flexibility index (Phi) is 4.70. The van der Waals surface area contributed by atoms with E-state index in [1.807, 2.05) is 0 Å². The molecule has 0 amide bonds. The van der Waals surface area contributed by atoms with E-state index in [-0.39, 0.29) is 22.1 Å². The van der Waals surface area contributed by atoms with Crippen molar-refractivity contribution in [1.82, 2.24) is 24.4 Å². The van der Waals surface area contributed by atoms with Gasteiger partial charge in [-0.1, -0.05) is 11.8 Å². The number of halogens is 4. The van der Waals surface area contributed by atoms with Gasteiger partial charge in [0, 0.05) is 35.7 Å². The van der Waals surface area contributed by atoms with Crippen molar-refractivity contribution in [3.63, 3.8) is 0 Å². The Labute approximate surface area is 162 Å². The van der Waals surface area contributed by atoms with Crippen molar-refractivity contribution in [2.45, 2.75) is 10.9 Å². The number of aromatic nitrogens is 5. The minimum absolute atomic E-state index is 0.0501. The van der Waals surface area contributed by atoms with E-state index in [4.69, 9.17) is 0 Å². The molecule has 0 atom stereocenters. The standard InChI is InChI=1S/C17H9F4N5O2S/c18-8-3-11(19)10(12(20)4-8)7-29-17-24-26-14(1-2-23-26)16(28)25(17)9-5-13(21)15(27)22-6-9/h1-6H,7H2,(H,22,27). The molecule has 0 aliphatic rings. The average molecular weight is 423 g/mol. The van der Waals surface area contributed by atoms with Gasteiger partial charge < -0.3 is 4.98 Å². The molecule has 1 N–H and O–H groups in total. The Balaban J connectivity index is 1.84. The predicted molar refractivity (Wildman–Crippen MR) is 95.0 cm³/mol. The van der Waals surface area contributed by atoms with Crippen molar-refractivity contribution < 1.29 is 17.6 Å². The quantitative estimate of drug-likeness (QED) is 0.403. The van der Waals surface area contributed by atoms with Gasteiger partial charge in [-0.3, -0.25) is 14.2 Å². The minimum atomic E-state index is -1.13. The molecule has 148 valence electrons. The molecule has 1 aromatic carbocycles. The third-order valence-corrected chi connectivity index (χ3v) is 4.93. The molecule has 7 nitrogen and oxygen atoms in total. The lowest BCUT2D eigenvalue weighted by Crippen LogP contribution is -2.25. The van der Waals surface area contributed by atoms with Crippen LogP contribution in [0.4, 0.5) is 17.6 Å². The summed E-state index contributed by atoms with van der Waals surface area (Å²) < 4.78 is 56.7. The van der Waals surface area contributed by atoms with Gasteiger partial charge in [0.2, 0.25) is 0 Å². The fourth-order valence-electron chi connectivity index (χ4n) is 2.60. The number of thioether (sulfide) groups is 1. The molecule has 3 heterocycles. The Bertz CT molecular complexity index is 1340. The highest BCUT2D eigenvalue weighted by atomic mass is 32.2. The molecule has 0 saturated carbocycles. The van der Waals surface area contributed by atoms with Gasteiger partial charge in [-0.25, -0.2) is 17.6 Å². The number of hydrogen-bond acceptors (Lipinski definition) is 5. The van der Waals surface area contributed by atoms with Crippen LogP contribution in [0.1, 0.15) is 5.56 Å². The number of H-pyrrole nitrogens is 1. The zero-order valence-corrected chi connectivity index (χ0v) is 15.0. The van der Waals surface area contributed by atoms with Gasteiger partial charge >= 0.3 is 0 Å². The summed E-state index contributed by atoms with van der Waals surface area (Å²) in [7, 11) is 0. The Morgan fingerprint density at radius 3 is 2.45 bits per heavy atom. The zero-order chi connectivity index (χ0) is 20.7. The third-order valence-electron chi connectivity index (χ3n) is 3.97.